The number of amides is 2. The number of anilines is 1. The molecule has 0 aliphatic carbocycles. The molecule has 0 saturated carbocycles. The highest BCUT2D eigenvalue weighted by molar-refractivity contribution is 5.95. The van der Waals surface area contributed by atoms with Gasteiger partial charge >= 0.3 is 0 Å². The summed E-state index contributed by atoms with van der Waals surface area (Å²) in [5.74, 6) is -0.519. The molecule has 2 amide bonds. The molecule has 0 aliphatic heterocycles. The lowest BCUT2D eigenvalue weighted by Crippen LogP contribution is -2.44. The van der Waals surface area contributed by atoms with Crippen molar-refractivity contribution in [3.8, 4) is 0 Å². The van der Waals surface area contributed by atoms with Crippen LogP contribution in [0.1, 0.15) is 18.1 Å². The van der Waals surface area contributed by atoms with Gasteiger partial charge in [0.05, 0.1) is 0 Å². The second kappa shape index (κ2) is 9.42. The first-order valence-corrected chi connectivity index (χ1v) is 8.53. The Morgan fingerprint density at radius 2 is 1.69 bits per heavy atom. The Labute approximate surface area is 154 Å². The van der Waals surface area contributed by atoms with Crippen molar-refractivity contribution in [1.82, 2.24) is 10.6 Å². The Morgan fingerprint density at radius 1 is 1.04 bits per heavy atom. The van der Waals surface area contributed by atoms with Gasteiger partial charge in [0.15, 0.2) is 0 Å². The highest BCUT2D eigenvalue weighted by atomic mass is 16.2. The highest BCUT2D eigenvalue weighted by Crippen LogP contribution is 2.12. The van der Waals surface area contributed by atoms with E-state index in [0.29, 0.717) is 6.54 Å². The van der Waals surface area contributed by atoms with Gasteiger partial charge < -0.3 is 15.5 Å². The zero-order chi connectivity index (χ0) is 18.9. The fourth-order valence-corrected chi connectivity index (χ4v) is 2.32. The van der Waals surface area contributed by atoms with E-state index >= 15 is 0 Å². The first-order chi connectivity index (χ1) is 12.5. The fraction of sp³-hybridized carbons (Fsp3) is 0.238. The maximum Gasteiger partial charge on any atom is 0.244 e. The number of hydrogen-bond donors (Lipinski definition) is 2. The Bertz CT molecular complexity index is 753. The summed E-state index contributed by atoms with van der Waals surface area (Å²) in [6.45, 7) is 2.09. The van der Waals surface area contributed by atoms with Crippen LogP contribution in [0.25, 0.3) is 6.08 Å². The lowest BCUT2D eigenvalue weighted by molar-refractivity contribution is -0.126. The Balaban J connectivity index is 1.79. The molecular formula is C21H25N3O2. The molecular weight excluding hydrogens is 326 g/mol. The number of carbonyl (C=O) groups is 2. The summed E-state index contributed by atoms with van der Waals surface area (Å²) in [6, 6.07) is 16.9. The third-order valence-corrected chi connectivity index (χ3v) is 3.90. The van der Waals surface area contributed by atoms with Crippen molar-refractivity contribution in [2.24, 2.45) is 0 Å². The minimum Gasteiger partial charge on any atom is -0.378 e. The summed E-state index contributed by atoms with van der Waals surface area (Å²) >= 11 is 0. The van der Waals surface area contributed by atoms with Gasteiger partial charge in [0, 0.05) is 32.4 Å². The fourth-order valence-electron chi connectivity index (χ4n) is 2.32. The van der Waals surface area contributed by atoms with Crippen LogP contribution in [0.3, 0.4) is 0 Å². The van der Waals surface area contributed by atoms with Gasteiger partial charge in [-0.2, -0.15) is 0 Å². The van der Waals surface area contributed by atoms with Crippen molar-refractivity contribution in [2.45, 2.75) is 19.5 Å². The monoisotopic (exact) mass is 351 g/mol. The van der Waals surface area contributed by atoms with E-state index in [0.717, 1.165) is 16.8 Å². The minimum absolute atomic E-state index is 0.219. The predicted octanol–water partition coefficient (Wildman–Crippen LogP) is 2.59. The van der Waals surface area contributed by atoms with E-state index < -0.39 is 6.04 Å². The van der Waals surface area contributed by atoms with Crippen molar-refractivity contribution in [2.75, 3.05) is 19.0 Å². The molecule has 2 aromatic carbocycles. The molecule has 0 radical (unpaired) electrons. The van der Waals surface area contributed by atoms with Crippen molar-refractivity contribution in [1.29, 1.82) is 0 Å². The minimum atomic E-state index is -0.607. The molecule has 0 heterocycles. The van der Waals surface area contributed by atoms with E-state index in [2.05, 4.69) is 10.6 Å². The summed E-state index contributed by atoms with van der Waals surface area (Å²) in [5.41, 5.74) is 3.04. The van der Waals surface area contributed by atoms with Crippen molar-refractivity contribution in [3.63, 3.8) is 0 Å². The van der Waals surface area contributed by atoms with E-state index in [9.17, 15) is 9.59 Å². The van der Waals surface area contributed by atoms with Crippen LogP contribution in [0.4, 0.5) is 5.69 Å². The molecule has 0 saturated heterocycles. The van der Waals surface area contributed by atoms with Gasteiger partial charge in [-0.3, -0.25) is 9.59 Å². The number of nitrogens with one attached hydrogen (secondary N) is 2. The van der Waals surface area contributed by atoms with Gasteiger partial charge in [-0.25, -0.2) is 0 Å². The number of hydrogen-bond acceptors (Lipinski definition) is 3. The molecule has 0 bridgehead atoms. The molecule has 2 rings (SSSR count). The average molecular weight is 351 g/mol. The van der Waals surface area contributed by atoms with E-state index in [-0.39, 0.29) is 11.8 Å². The summed E-state index contributed by atoms with van der Waals surface area (Å²) < 4.78 is 0. The second-order valence-electron chi connectivity index (χ2n) is 6.25. The van der Waals surface area contributed by atoms with Crippen LogP contribution >= 0.6 is 0 Å². The molecule has 26 heavy (non-hydrogen) atoms. The Hall–Kier alpha value is -3.08. The van der Waals surface area contributed by atoms with Crippen LogP contribution in [0.5, 0.6) is 0 Å². The lowest BCUT2D eigenvalue weighted by Gasteiger charge is -2.14. The smallest absolute Gasteiger partial charge is 0.244 e. The molecule has 1 atom stereocenters. The van der Waals surface area contributed by atoms with Crippen LogP contribution in [-0.4, -0.2) is 32.0 Å². The van der Waals surface area contributed by atoms with Crippen LogP contribution < -0.4 is 15.5 Å². The molecule has 0 spiro atoms. The van der Waals surface area contributed by atoms with Crippen LogP contribution in [0, 0.1) is 0 Å². The molecule has 136 valence electrons. The highest BCUT2D eigenvalue weighted by Gasteiger charge is 2.13. The molecule has 5 heteroatoms. The molecule has 0 fully saturated rings. The second-order valence-corrected chi connectivity index (χ2v) is 6.25. The number of carbonyl (C=O) groups excluding carboxylic acids is 2. The average Bonchev–Trinajstić information content (AvgIpc) is 2.65. The summed E-state index contributed by atoms with van der Waals surface area (Å²) in [7, 11) is 3.96. The van der Waals surface area contributed by atoms with Gasteiger partial charge in [0.1, 0.15) is 6.04 Å². The predicted molar refractivity (Wildman–Crippen MR) is 106 cm³/mol. The molecule has 2 aromatic rings. The van der Waals surface area contributed by atoms with Crippen molar-refractivity contribution >= 4 is 23.6 Å². The van der Waals surface area contributed by atoms with Crippen LogP contribution in [0.2, 0.25) is 0 Å². The van der Waals surface area contributed by atoms with Gasteiger partial charge in [-0.15, -0.1) is 0 Å². The van der Waals surface area contributed by atoms with Gasteiger partial charge in [0.2, 0.25) is 11.8 Å². The summed E-state index contributed by atoms with van der Waals surface area (Å²) in [5, 5.41) is 5.50. The molecule has 2 N–H and O–H groups in total. The maximum absolute atomic E-state index is 12.1. The summed E-state index contributed by atoms with van der Waals surface area (Å²) in [6.07, 6.45) is 3.14. The number of benzene rings is 2. The van der Waals surface area contributed by atoms with Gasteiger partial charge in [-0.1, -0.05) is 42.5 Å². The Kier molecular flexibility index (Phi) is 6.97. The first kappa shape index (κ1) is 19.2. The summed E-state index contributed by atoms with van der Waals surface area (Å²) in [4.78, 5) is 26.1. The Morgan fingerprint density at radius 3 is 2.31 bits per heavy atom. The van der Waals surface area contributed by atoms with Gasteiger partial charge in [0.25, 0.3) is 0 Å². The SMILES string of the molecule is CC(NC(=O)/C=C/c1ccccc1)C(=O)NCc1ccc(N(C)C)cc1. The molecule has 0 aliphatic rings. The third-order valence-electron chi connectivity index (χ3n) is 3.90. The first-order valence-electron chi connectivity index (χ1n) is 8.53. The van der Waals surface area contributed by atoms with Crippen LogP contribution in [-0.2, 0) is 16.1 Å². The quantitative estimate of drug-likeness (QED) is 0.754. The normalized spacial score (nSPS) is 11.8. The van der Waals surface area contributed by atoms with Crippen molar-refractivity contribution < 1.29 is 9.59 Å². The topological polar surface area (TPSA) is 61.4 Å². The zero-order valence-corrected chi connectivity index (χ0v) is 15.4. The van der Waals surface area contributed by atoms with Gasteiger partial charge in [-0.05, 0) is 36.3 Å². The molecule has 1 unspecified atom stereocenters. The maximum atomic E-state index is 12.1. The standard InChI is InChI=1S/C21H25N3O2/c1-16(23-20(25)14-11-17-7-5-4-6-8-17)21(26)22-15-18-9-12-19(13-10-18)24(2)3/h4-14,16H,15H2,1-3H3,(H,22,26)(H,23,25)/b14-11+. The van der Waals surface area contributed by atoms with E-state index in [1.54, 1.807) is 13.0 Å². The molecule has 5 nitrogen and oxygen atoms in total. The third kappa shape index (κ3) is 6.09. The molecule has 0 aromatic heterocycles. The van der Waals surface area contributed by atoms with E-state index in [4.69, 9.17) is 0 Å². The number of rotatable bonds is 7. The zero-order valence-electron chi connectivity index (χ0n) is 15.4. The largest absolute Gasteiger partial charge is 0.378 e. The number of nitrogens with zero attached hydrogens (tertiary/aromatic N) is 1. The van der Waals surface area contributed by atoms with E-state index in [1.165, 1.54) is 6.08 Å². The van der Waals surface area contributed by atoms with Crippen molar-refractivity contribution in [3.05, 3.63) is 71.8 Å². The lowest BCUT2D eigenvalue weighted by atomic mass is 10.2. The van der Waals surface area contributed by atoms with E-state index in [1.807, 2.05) is 73.6 Å². The van der Waals surface area contributed by atoms with Crippen LogP contribution in [0.15, 0.2) is 60.7 Å².